The summed E-state index contributed by atoms with van der Waals surface area (Å²) in [4.78, 5) is 33.7. The van der Waals surface area contributed by atoms with Crippen LogP contribution in [0.25, 0.3) is 0 Å². The van der Waals surface area contributed by atoms with Gasteiger partial charge in [-0.15, -0.1) is 11.3 Å². The maximum Gasteiger partial charge on any atom is 0.293 e. The van der Waals surface area contributed by atoms with Crippen molar-refractivity contribution in [3.8, 4) is 0 Å². The molecule has 35 heavy (non-hydrogen) atoms. The lowest BCUT2D eigenvalue weighted by molar-refractivity contribution is -0.149. The van der Waals surface area contributed by atoms with Crippen LogP contribution in [0.1, 0.15) is 60.2 Å². The maximum absolute atomic E-state index is 13.4. The molecule has 0 aromatic carbocycles. The molecule has 10 heteroatoms. The number of aliphatic hydroxyl groups excluding tert-OH is 2. The summed E-state index contributed by atoms with van der Waals surface area (Å²) in [6, 6.07) is 3.25. The van der Waals surface area contributed by atoms with Crippen LogP contribution in [0.4, 0.5) is 5.13 Å². The molecular weight excluding hydrogens is 470 g/mol. The third kappa shape index (κ3) is 4.20. The molecule has 5 rings (SSSR count). The molecule has 1 saturated carbocycles. The Balaban J connectivity index is 1.50. The van der Waals surface area contributed by atoms with E-state index in [4.69, 9.17) is 14.1 Å². The number of amides is 2. The molecule has 3 N–H and O–H groups in total. The molecule has 1 aliphatic heterocycles. The van der Waals surface area contributed by atoms with E-state index in [2.05, 4.69) is 12.2 Å². The third-order valence-corrected chi connectivity index (χ3v) is 9.61. The molecule has 0 radical (unpaired) electrons. The number of aliphatic hydroxyl groups is 2. The van der Waals surface area contributed by atoms with Gasteiger partial charge in [0.05, 0.1) is 37.9 Å². The van der Waals surface area contributed by atoms with E-state index in [0.717, 1.165) is 17.0 Å². The number of nitrogens with zero attached hydrogens (tertiary/aromatic N) is 2. The molecule has 0 spiro atoms. The van der Waals surface area contributed by atoms with Gasteiger partial charge in [-0.05, 0) is 42.7 Å². The lowest BCUT2D eigenvalue weighted by Crippen LogP contribution is -2.58. The second kappa shape index (κ2) is 9.31. The number of thiazole rings is 1. The van der Waals surface area contributed by atoms with Crippen molar-refractivity contribution in [1.82, 2.24) is 9.88 Å². The number of aromatic nitrogens is 1. The molecule has 2 aromatic heterocycles. The van der Waals surface area contributed by atoms with Gasteiger partial charge in [0.25, 0.3) is 5.91 Å². The summed E-state index contributed by atoms with van der Waals surface area (Å²) in [6.45, 7) is 6.23. The number of hydrogen-bond donors (Lipinski definition) is 3. The van der Waals surface area contributed by atoms with Crippen molar-refractivity contribution >= 4 is 28.3 Å². The van der Waals surface area contributed by atoms with E-state index in [1.165, 1.54) is 17.6 Å². The number of hydrogen-bond acceptors (Lipinski definition) is 8. The van der Waals surface area contributed by atoms with Crippen molar-refractivity contribution in [2.24, 2.45) is 16.7 Å². The molecule has 3 aliphatic rings. The molecule has 190 valence electrons. The summed E-state index contributed by atoms with van der Waals surface area (Å²) in [7, 11) is 0. The van der Waals surface area contributed by atoms with Crippen molar-refractivity contribution in [1.29, 1.82) is 0 Å². The van der Waals surface area contributed by atoms with Crippen LogP contribution in [-0.4, -0.2) is 70.9 Å². The molecule has 2 fully saturated rings. The van der Waals surface area contributed by atoms with Crippen molar-refractivity contribution in [2.45, 2.75) is 51.6 Å². The Bertz CT molecular complexity index is 1080. The highest BCUT2D eigenvalue weighted by Crippen LogP contribution is 2.62. The fraction of sp³-hybridized carbons (Fsp3) is 0.640. The molecule has 0 bridgehead atoms. The van der Waals surface area contributed by atoms with E-state index in [-0.39, 0.29) is 41.4 Å². The molecule has 3 heterocycles. The first-order valence-corrected chi connectivity index (χ1v) is 13.1. The van der Waals surface area contributed by atoms with Crippen LogP contribution in [0.5, 0.6) is 0 Å². The van der Waals surface area contributed by atoms with Crippen LogP contribution in [0.2, 0.25) is 0 Å². The first kappa shape index (κ1) is 24.4. The van der Waals surface area contributed by atoms with Gasteiger partial charge in [-0.1, -0.05) is 13.8 Å². The molecule has 9 nitrogen and oxygen atoms in total. The second-order valence-corrected chi connectivity index (χ2v) is 11.6. The largest absolute Gasteiger partial charge is 0.459 e. The van der Waals surface area contributed by atoms with Crippen molar-refractivity contribution < 1.29 is 29.0 Å². The van der Waals surface area contributed by atoms with Crippen molar-refractivity contribution in [3.63, 3.8) is 0 Å². The number of nitrogens with one attached hydrogen (secondary N) is 1. The zero-order chi connectivity index (χ0) is 24.8. The van der Waals surface area contributed by atoms with Gasteiger partial charge < -0.3 is 24.3 Å². The number of ether oxygens (including phenoxy) is 1. The summed E-state index contributed by atoms with van der Waals surface area (Å²) < 4.78 is 10.6. The van der Waals surface area contributed by atoms with E-state index in [9.17, 15) is 19.8 Å². The Morgan fingerprint density at radius 2 is 2.09 bits per heavy atom. The Morgan fingerprint density at radius 3 is 2.77 bits per heavy atom. The number of anilines is 1. The summed E-state index contributed by atoms with van der Waals surface area (Å²) in [6.07, 6.45) is 3.06. The van der Waals surface area contributed by atoms with Crippen molar-refractivity contribution in [2.75, 3.05) is 38.2 Å². The zero-order valence-corrected chi connectivity index (χ0v) is 21.0. The van der Waals surface area contributed by atoms with Crippen LogP contribution in [0.15, 0.2) is 22.8 Å². The van der Waals surface area contributed by atoms with E-state index in [1.54, 1.807) is 12.1 Å². The van der Waals surface area contributed by atoms with Gasteiger partial charge in [0.2, 0.25) is 5.91 Å². The van der Waals surface area contributed by atoms with Gasteiger partial charge in [0.15, 0.2) is 10.9 Å². The van der Waals surface area contributed by atoms with Crippen LogP contribution >= 0.6 is 11.3 Å². The monoisotopic (exact) mass is 503 g/mol. The number of rotatable bonds is 5. The normalized spacial score (nSPS) is 32.6. The molecule has 2 aliphatic carbocycles. The first-order chi connectivity index (χ1) is 16.8. The minimum absolute atomic E-state index is 0.0344. The SMILES string of the molecule is CC1(CO)C(O)CCC2(C)C(CC(=O)N3CCOCC3)c3nc(NC(=O)c4ccco4)sc3CC12. The Labute approximate surface area is 208 Å². The van der Waals surface area contributed by atoms with Gasteiger partial charge in [-0.25, -0.2) is 4.98 Å². The van der Waals surface area contributed by atoms with E-state index < -0.39 is 11.5 Å². The van der Waals surface area contributed by atoms with Crippen LogP contribution in [0, 0.1) is 16.7 Å². The third-order valence-electron chi connectivity index (χ3n) is 8.60. The predicted octanol–water partition coefficient (Wildman–Crippen LogP) is 2.65. The Kier molecular flexibility index (Phi) is 6.50. The van der Waals surface area contributed by atoms with Gasteiger partial charge in [-0.2, -0.15) is 0 Å². The molecule has 5 unspecified atom stereocenters. The Morgan fingerprint density at radius 1 is 1.31 bits per heavy atom. The smallest absolute Gasteiger partial charge is 0.293 e. The summed E-state index contributed by atoms with van der Waals surface area (Å²) in [5.74, 6) is -0.324. The molecule has 2 amide bonds. The highest BCUT2D eigenvalue weighted by atomic mass is 32.1. The Hall–Kier alpha value is -2.27. The number of furan rings is 1. The highest BCUT2D eigenvalue weighted by Gasteiger charge is 2.59. The lowest BCUT2D eigenvalue weighted by Gasteiger charge is -2.58. The molecular formula is C25H33N3O6S. The highest BCUT2D eigenvalue weighted by molar-refractivity contribution is 7.15. The van der Waals surface area contributed by atoms with Gasteiger partial charge in [-0.3, -0.25) is 14.9 Å². The van der Waals surface area contributed by atoms with E-state index in [0.29, 0.717) is 50.7 Å². The average molecular weight is 504 g/mol. The van der Waals surface area contributed by atoms with Crippen LogP contribution in [0.3, 0.4) is 0 Å². The minimum atomic E-state index is -0.688. The fourth-order valence-electron chi connectivity index (χ4n) is 6.38. The standard InChI is InChI=1S/C25H33N3O6S/c1-24-6-5-19(30)25(2,14-29)18(24)13-17-21(15(24)12-20(31)28-7-10-33-11-8-28)26-23(35-17)27-22(32)16-4-3-9-34-16/h3-4,9,15,18-19,29-30H,5-8,10-14H2,1-2H3,(H,26,27,32). The molecule has 1 saturated heterocycles. The van der Waals surface area contributed by atoms with Gasteiger partial charge >= 0.3 is 0 Å². The van der Waals surface area contributed by atoms with Gasteiger partial charge in [0.1, 0.15) is 0 Å². The van der Waals surface area contributed by atoms with Crippen molar-refractivity contribution in [3.05, 3.63) is 34.7 Å². The molecule has 5 atom stereocenters. The molecule has 2 aromatic rings. The topological polar surface area (TPSA) is 125 Å². The van der Waals surface area contributed by atoms with Crippen LogP contribution in [-0.2, 0) is 16.0 Å². The summed E-state index contributed by atoms with van der Waals surface area (Å²) >= 11 is 1.40. The van der Waals surface area contributed by atoms with Crippen LogP contribution < -0.4 is 5.32 Å². The number of carbonyl (C=O) groups is 2. The quantitative estimate of drug-likeness (QED) is 0.573. The van der Waals surface area contributed by atoms with Gasteiger partial charge in [0, 0.05) is 35.7 Å². The summed E-state index contributed by atoms with van der Waals surface area (Å²) in [5, 5.41) is 24.6. The maximum atomic E-state index is 13.4. The second-order valence-electron chi connectivity index (χ2n) is 10.5. The number of morpholine rings is 1. The summed E-state index contributed by atoms with van der Waals surface area (Å²) in [5.41, 5.74) is -0.170. The number of carbonyl (C=O) groups excluding carboxylic acids is 2. The van der Waals surface area contributed by atoms with E-state index in [1.807, 2.05) is 11.8 Å². The average Bonchev–Trinajstić information content (AvgIpc) is 3.53. The zero-order valence-electron chi connectivity index (χ0n) is 20.2. The lowest BCUT2D eigenvalue weighted by atomic mass is 9.47. The fourth-order valence-corrected chi connectivity index (χ4v) is 7.45. The predicted molar refractivity (Wildman–Crippen MR) is 129 cm³/mol. The number of fused-ring (bicyclic) bond motifs is 2. The van der Waals surface area contributed by atoms with E-state index >= 15 is 0 Å². The first-order valence-electron chi connectivity index (χ1n) is 12.2. The minimum Gasteiger partial charge on any atom is -0.459 e.